The fourth-order valence-corrected chi connectivity index (χ4v) is 3.74. The second kappa shape index (κ2) is 6.51. The summed E-state index contributed by atoms with van der Waals surface area (Å²) in [6.07, 6.45) is 0. The summed E-state index contributed by atoms with van der Waals surface area (Å²) in [5.74, 6) is -1.21. The van der Waals surface area contributed by atoms with Crippen LogP contribution < -0.4 is 9.47 Å². The van der Waals surface area contributed by atoms with E-state index in [1.165, 1.54) is 24.6 Å². The Bertz CT molecular complexity index is 665. The molecule has 0 spiro atoms. The van der Waals surface area contributed by atoms with E-state index < -0.39 is 16.0 Å². The van der Waals surface area contributed by atoms with Gasteiger partial charge in [0.25, 0.3) is 0 Å². The summed E-state index contributed by atoms with van der Waals surface area (Å²) in [4.78, 5) is 11.1. The molecule has 0 radical (unpaired) electrons. The molecule has 9 heteroatoms. The average Bonchev–Trinajstić information content (AvgIpc) is 2.54. The van der Waals surface area contributed by atoms with E-state index in [-0.39, 0.29) is 35.0 Å². The molecule has 1 aromatic rings. The maximum absolute atomic E-state index is 12.7. The number of aromatic carboxylic acids is 1. The third-order valence-corrected chi connectivity index (χ3v) is 5.22. The van der Waals surface area contributed by atoms with E-state index in [2.05, 4.69) is 0 Å². The second-order valence-corrected chi connectivity index (χ2v) is 6.43. The van der Waals surface area contributed by atoms with Crippen LogP contribution in [0, 0.1) is 0 Å². The van der Waals surface area contributed by atoms with Crippen LogP contribution in [0.1, 0.15) is 10.4 Å². The van der Waals surface area contributed by atoms with Crippen molar-refractivity contribution in [3.05, 3.63) is 17.7 Å². The highest BCUT2D eigenvalue weighted by molar-refractivity contribution is 7.89. The van der Waals surface area contributed by atoms with Crippen molar-refractivity contribution in [2.75, 3.05) is 40.5 Å². The van der Waals surface area contributed by atoms with Gasteiger partial charge in [-0.2, -0.15) is 4.31 Å². The van der Waals surface area contributed by atoms with Crippen LogP contribution in [0.25, 0.3) is 0 Å². The third-order valence-electron chi connectivity index (χ3n) is 3.30. The highest BCUT2D eigenvalue weighted by atomic mass is 32.2. The molecule has 1 N–H and O–H groups in total. The van der Waals surface area contributed by atoms with Gasteiger partial charge in [-0.15, -0.1) is 0 Å². The molecule has 0 saturated carbocycles. The largest absolute Gasteiger partial charge is 0.496 e. The molecule has 1 heterocycles. The molecule has 0 bridgehead atoms. The molecule has 122 valence electrons. The molecule has 0 unspecified atom stereocenters. The summed E-state index contributed by atoms with van der Waals surface area (Å²) >= 11 is 0. The number of rotatable bonds is 5. The Labute approximate surface area is 128 Å². The van der Waals surface area contributed by atoms with Crippen LogP contribution in [0.3, 0.4) is 0 Å². The van der Waals surface area contributed by atoms with Gasteiger partial charge >= 0.3 is 5.97 Å². The summed E-state index contributed by atoms with van der Waals surface area (Å²) in [6.45, 7) is 1.01. The molecular formula is C13H17NO7S. The van der Waals surface area contributed by atoms with Gasteiger partial charge in [-0.1, -0.05) is 0 Å². The van der Waals surface area contributed by atoms with E-state index in [0.717, 1.165) is 6.07 Å². The average molecular weight is 331 g/mol. The monoisotopic (exact) mass is 331 g/mol. The molecule has 0 amide bonds. The Morgan fingerprint density at radius 2 is 1.77 bits per heavy atom. The van der Waals surface area contributed by atoms with E-state index >= 15 is 0 Å². The van der Waals surface area contributed by atoms with Crippen molar-refractivity contribution < 1.29 is 32.5 Å². The predicted octanol–water partition coefficient (Wildman–Crippen LogP) is 0.423. The van der Waals surface area contributed by atoms with Crippen LogP contribution in [0.5, 0.6) is 11.5 Å². The molecule has 0 atom stereocenters. The SMILES string of the molecule is COc1cc(OC)c(S(=O)(=O)N2CCOCC2)cc1C(=O)O. The van der Waals surface area contributed by atoms with Crippen LogP contribution in [0.4, 0.5) is 0 Å². The van der Waals surface area contributed by atoms with Crippen molar-refractivity contribution in [1.29, 1.82) is 0 Å². The van der Waals surface area contributed by atoms with Crippen LogP contribution in [-0.2, 0) is 14.8 Å². The number of carbonyl (C=O) groups is 1. The highest BCUT2D eigenvalue weighted by Gasteiger charge is 2.31. The summed E-state index contributed by atoms with van der Waals surface area (Å²) in [6, 6.07) is 2.32. The third kappa shape index (κ3) is 3.01. The van der Waals surface area contributed by atoms with Gasteiger partial charge in [-0.05, 0) is 6.07 Å². The second-order valence-electron chi connectivity index (χ2n) is 4.52. The van der Waals surface area contributed by atoms with Gasteiger partial charge in [0.05, 0.1) is 27.4 Å². The van der Waals surface area contributed by atoms with Crippen molar-refractivity contribution >= 4 is 16.0 Å². The number of sulfonamides is 1. The number of hydrogen-bond acceptors (Lipinski definition) is 6. The number of benzene rings is 1. The fraction of sp³-hybridized carbons (Fsp3) is 0.462. The Hall–Kier alpha value is -1.84. The summed E-state index contributed by atoms with van der Waals surface area (Å²) in [5, 5.41) is 9.21. The van der Waals surface area contributed by atoms with Crippen molar-refractivity contribution in [3.8, 4) is 11.5 Å². The molecule has 22 heavy (non-hydrogen) atoms. The van der Waals surface area contributed by atoms with Crippen molar-refractivity contribution in [2.24, 2.45) is 0 Å². The fourth-order valence-electron chi connectivity index (χ4n) is 2.16. The Morgan fingerprint density at radius 3 is 2.27 bits per heavy atom. The van der Waals surface area contributed by atoms with Gasteiger partial charge in [0, 0.05) is 19.2 Å². The van der Waals surface area contributed by atoms with Gasteiger partial charge in [0.1, 0.15) is 22.0 Å². The van der Waals surface area contributed by atoms with Gasteiger partial charge < -0.3 is 19.3 Å². The number of carboxylic acids is 1. The zero-order chi connectivity index (χ0) is 16.3. The first-order valence-corrected chi connectivity index (χ1v) is 7.93. The topological polar surface area (TPSA) is 102 Å². The molecule has 1 aliphatic heterocycles. The van der Waals surface area contributed by atoms with Crippen LogP contribution in [-0.4, -0.2) is 64.3 Å². The van der Waals surface area contributed by atoms with Gasteiger partial charge in [0.2, 0.25) is 10.0 Å². The highest BCUT2D eigenvalue weighted by Crippen LogP contribution is 2.34. The van der Waals surface area contributed by atoms with Crippen molar-refractivity contribution in [1.82, 2.24) is 4.31 Å². The van der Waals surface area contributed by atoms with Crippen molar-refractivity contribution in [2.45, 2.75) is 4.90 Å². The molecule has 1 aromatic carbocycles. The molecule has 1 fully saturated rings. The lowest BCUT2D eigenvalue weighted by molar-refractivity contribution is 0.0692. The first kappa shape index (κ1) is 16.5. The lowest BCUT2D eigenvalue weighted by Gasteiger charge is -2.27. The number of hydrogen-bond donors (Lipinski definition) is 1. The Kier molecular flexibility index (Phi) is 4.89. The molecule has 8 nitrogen and oxygen atoms in total. The molecule has 1 saturated heterocycles. The van der Waals surface area contributed by atoms with Crippen LogP contribution >= 0.6 is 0 Å². The van der Waals surface area contributed by atoms with E-state index in [1.54, 1.807) is 0 Å². The predicted molar refractivity (Wildman–Crippen MR) is 76.1 cm³/mol. The van der Waals surface area contributed by atoms with Crippen LogP contribution in [0.15, 0.2) is 17.0 Å². The normalized spacial score (nSPS) is 16.3. The molecule has 0 aromatic heterocycles. The summed E-state index contributed by atoms with van der Waals surface area (Å²) in [5.41, 5.74) is -0.241. The standard InChI is InChI=1S/C13H17NO7S/c1-19-10-8-11(20-2)12(7-9(10)13(15)16)22(17,18)14-3-5-21-6-4-14/h7-8H,3-6H2,1-2H3,(H,15,16). The number of carboxylic acid groups (broad SMARTS) is 1. The quantitative estimate of drug-likeness (QED) is 0.834. The maximum Gasteiger partial charge on any atom is 0.339 e. The lowest BCUT2D eigenvalue weighted by Crippen LogP contribution is -2.40. The van der Waals surface area contributed by atoms with Crippen molar-refractivity contribution in [3.63, 3.8) is 0 Å². The van der Waals surface area contributed by atoms with Gasteiger partial charge in [-0.3, -0.25) is 0 Å². The lowest BCUT2D eigenvalue weighted by atomic mass is 10.2. The van der Waals surface area contributed by atoms with E-state index in [0.29, 0.717) is 13.2 Å². The summed E-state index contributed by atoms with van der Waals surface area (Å²) < 4.78 is 41.8. The number of ether oxygens (including phenoxy) is 3. The number of morpholine rings is 1. The molecule has 0 aliphatic carbocycles. The minimum absolute atomic E-state index is 0.0327. The number of methoxy groups -OCH3 is 2. The Morgan fingerprint density at radius 1 is 1.18 bits per heavy atom. The minimum atomic E-state index is -3.88. The smallest absolute Gasteiger partial charge is 0.339 e. The molecule has 2 rings (SSSR count). The Balaban J connectivity index is 2.57. The minimum Gasteiger partial charge on any atom is -0.496 e. The first-order valence-electron chi connectivity index (χ1n) is 6.49. The first-order chi connectivity index (χ1) is 10.4. The number of nitrogens with zero attached hydrogens (tertiary/aromatic N) is 1. The molecule has 1 aliphatic rings. The van der Waals surface area contributed by atoms with E-state index in [1.807, 2.05) is 0 Å². The molecular weight excluding hydrogens is 314 g/mol. The zero-order valence-corrected chi connectivity index (χ0v) is 13.1. The summed E-state index contributed by atoms with van der Waals surface area (Å²) in [7, 11) is -1.26. The van der Waals surface area contributed by atoms with Crippen LogP contribution in [0.2, 0.25) is 0 Å². The van der Waals surface area contributed by atoms with Gasteiger partial charge in [0.15, 0.2) is 0 Å². The van der Waals surface area contributed by atoms with E-state index in [4.69, 9.17) is 14.2 Å². The maximum atomic E-state index is 12.7. The zero-order valence-electron chi connectivity index (χ0n) is 12.2. The van der Waals surface area contributed by atoms with E-state index in [9.17, 15) is 18.3 Å². The van der Waals surface area contributed by atoms with Gasteiger partial charge in [-0.25, -0.2) is 13.2 Å².